The minimum atomic E-state index is 0.433. The van der Waals surface area contributed by atoms with Crippen LogP contribution in [-0.4, -0.2) is 9.97 Å². The van der Waals surface area contributed by atoms with Gasteiger partial charge >= 0.3 is 0 Å². The van der Waals surface area contributed by atoms with E-state index in [1.165, 1.54) is 0 Å². The molecule has 19 heavy (non-hydrogen) atoms. The van der Waals surface area contributed by atoms with Crippen molar-refractivity contribution < 1.29 is 0 Å². The summed E-state index contributed by atoms with van der Waals surface area (Å²) in [5, 5.41) is 1.05. The van der Waals surface area contributed by atoms with Gasteiger partial charge in [0, 0.05) is 16.0 Å². The second-order valence-electron chi connectivity index (χ2n) is 4.44. The lowest BCUT2D eigenvalue weighted by Crippen LogP contribution is -1.98. The molecular formula is C13H8Br2Cl2N2. The van der Waals surface area contributed by atoms with Gasteiger partial charge in [-0.2, -0.15) is 0 Å². The van der Waals surface area contributed by atoms with Crippen molar-refractivity contribution in [3.63, 3.8) is 0 Å². The van der Waals surface area contributed by atoms with Crippen molar-refractivity contribution in [2.75, 3.05) is 0 Å². The zero-order chi connectivity index (χ0) is 13.6. The molecule has 2 nitrogen and oxygen atoms in total. The van der Waals surface area contributed by atoms with E-state index < -0.39 is 0 Å². The maximum atomic E-state index is 6.21. The molecule has 6 heteroatoms. The molecule has 0 radical (unpaired) electrons. The Morgan fingerprint density at radius 3 is 2.53 bits per heavy atom. The smallest absolute Gasteiger partial charge is 0.162 e. The summed E-state index contributed by atoms with van der Waals surface area (Å²) in [5.41, 5.74) is 1.76. The fourth-order valence-electron chi connectivity index (χ4n) is 1.85. The molecule has 0 aliphatic heterocycles. The SMILES string of the molecule is Clc1ccc(Br)cc1-c1nc(Cl)c(Br)c(C2CC2)n1. The average Bonchev–Trinajstić information content (AvgIpc) is 3.20. The number of nitrogens with zero attached hydrogens (tertiary/aromatic N) is 2. The topological polar surface area (TPSA) is 25.8 Å². The van der Waals surface area contributed by atoms with Crippen LogP contribution in [0.3, 0.4) is 0 Å². The summed E-state index contributed by atoms with van der Waals surface area (Å²) in [6.07, 6.45) is 2.30. The maximum Gasteiger partial charge on any atom is 0.162 e. The van der Waals surface area contributed by atoms with Gasteiger partial charge in [-0.3, -0.25) is 0 Å². The minimum absolute atomic E-state index is 0.433. The summed E-state index contributed by atoms with van der Waals surface area (Å²) in [5.74, 6) is 1.06. The summed E-state index contributed by atoms with van der Waals surface area (Å²) in [4.78, 5) is 8.94. The maximum absolute atomic E-state index is 6.21. The Morgan fingerprint density at radius 1 is 1.11 bits per heavy atom. The predicted octanol–water partition coefficient (Wildman–Crippen LogP) is 5.85. The van der Waals surface area contributed by atoms with Gasteiger partial charge in [0.15, 0.2) is 5.82 Å². The van der Waals surface area contributed by atoms with Crippen LogP contribution in [0.5, 0.6) is 0 Å². The first-order valence-corrected chi connectivity index (χ1v) is 8.09. The molecule has 1 saturated carbocycles. The molecule has 1 aromatic heterocycles. The third-order valence-electron chi connectivity index (χ3n) is 2.97. The molecule has 0 amide bonds. The highest BCUT2D eigenvalue weighted by molar-refractivity contribution is 9.10. The Hall–Kier alpha value is -0.160. The van der Waals surface area contributed by atoms with Gasteiger partial charge in [-0.15, -0.1) is 0 Å². The van der Waals surface area contributed by atoms with E-state index in [0.29, 0.717) is 21.9 Å². The Bertz CT molecular complexity index is 657. The third kappa shape index (κ3) is 2.82. The predicted molar refractivity (Wildman–Crippen MR) is 84.9 cm³/mol. The van der Waals surface area contributed by atoms with E-state index in [1.807, 2.05) is 18.2 Å². The Kier molecular flexibility index (Phi) is 3.87. The molecule has 1 aromatic carbocycles. The Labute approximate surface area is 137 Å². The van der Waals surface area contributed by atoms with Crippen LogP contribution in [0.4, 0.5) is 0 Å². The Morgan fingerprint density at radius 2 is 1.84 bits per heavy atom. The van der Waals surface area contributed by atoms with Crippen molar-refractivity contribution in [3.8, 4) is 11.4 Å². The molecule has 0 saturated heterocycles. The molecule has 0 bridgehead atoms. The standard InChI is InChI=1S/C13H8Br2Cl2N2/c14-7-3-4-9(16)8(5-7)13-18-11(6-1-2-6)10(15)12(17)19-13/h3-6H,1-2H2. The summed E-state index contributed by atoms with van der Waals surface area (Å²) in [6, 6.07) is 5.60. The van der Waals surface area contributed by atoms with Crippen LogP contribution in [0.2, 0.25) is 10.2 Å². The molecule has 2 aromatic rings. The first kappa shape index (κ1) is 13.8. The second kappa shape index (κ2) is 5.32. The molecule has 1 heterocycles. The normalized spacial score (nSPS) is 14.7. The zero-order valence-corrected chi connectivity index (χ0v) is 14.3. The van der Waals surface area contributed by atoms with Gasteiger partial charge in [0.1, 0.15) is 5.15 Å². The second-order valence-corrected chi connectivity index (χ2v) is 6.91. The van der Waals surface area contributed by atoms with Crippen LogP contribution in [-0.2, 0) is 0 Å². The molecule has 0 atom stereocenters. The van der Waals surface area contributed by atoms with Gasteiger partial charge in [0.25, 0.3) is 0 Å². The number of aromatic nitrogens is 2. The fraction of sp³-hybridized carbons (Fsp3) is 0.231. The zero-order valence-electron chi connectivity index (χ0n) is 9.63. The van der Waals surface area contributed by atoms with Gasteiger partial charge in [0.05, 0.1) is 15.2 Å². The van der Waals surface area contributed by atoms with Gasteiger partial charge < -0.3 is 0 Å². The van der Waals surface area contributed by atoms with Crippen LogP contribution in [0.15, 0.2) is 27.1 Å². The summed E-state index contributed by atoms with van der Waals surface area (Å²) in [6.45, 7) is 0. The summed E-state index contributed by atoms with van der Waals surface area (Å²) < 4.78 is 1.73. The van der Waals surface area contributed by atoms with E-state index in [0.717, 1.165) is 33.0 Å². The molecule has 1 aliphatic carbocycles. The average molecular weight is 423 g/mol. The number of hydrogen-bond acceptors (Lipinski definition) is 2. The van der Waals surface area contributed by atoms with Crippen molar-refractivity contribution in [2.45, 2.75) is 18.8 Å². The van der Waals surface area contributed by atoms with Gasteiger partial charge in [-0.1, -0.05) is 39.1 Å². The van der Waals surface area contributed by atoms with E-state index in [-0.39, 0.29) is 0 Å². The van der Waals surface area contributed by atoms with Crippen molar-refractivity contribution in [1.29, 1.82) is 0 Å². The van der Waals surface area contributed by atoms with Gasteiger partial charge in [-0.05, 0) is 47.0 Å². The van der Waals surface area contributed by atoms with Crippen molar-refractivity contribution in [1.82, 2.24) is 9.97 Å². The minimum Gasteiger partial charge on any atom is -0.231 e. The lowest BCUT2D eigenvalue weighted by molar-refractivity contribution is 0.979. The van der Waals surface area contributed by atoms with Crippen LogP contribution < -0.4 is 0 Å². The molecule has 98 valence electrons. The highest BCUT2D eigenvalue weighted by Gasteiger charge is 2.29. The van der Waals surface area contributed by atoms with E-state index in [9.17, 15) is 0 Å². The number of benzene rings is 1. The van der Waals surface area contributed by atoms with Gasteiger partial charge in [-0.25, -0.2) is 9.97 Å². The fourth-order valence-corrected chi connectivity index (χ4v) is 3.09. The molecule has 1 aliphatic rings. The van der Waals surface area contributed by atoms with Crippen molar-refractivity contribution in [2.24, 2.45) is 0 Å². The molecular weight excluding hydrogens is 415 g/mol. The molecule has 0 N–H and O–H groups in total. The van der Waals surface area contributed by atoms with E-state index >= 15 is 0 Å². The summed E-state index contributed by atoms with van der Waals surface area (Å²) in [7, 11) is 0. The van der Waals surface area contributed by atoms with Crippen LogP contribution >= 0.6 is 55.1 Å². The number of hydrogen-bond donors (Lipinski definition) is 0. The lowest BCUT2D eigenvalue weighted by atomic mass is 10.2. The Balaban J connectivity index is 2.17. The summed E-state index contributed by atoms with van der Waals surface area (Å²) >= 11 is 19.3. The third-order valence-corrected chi connectivity index (χ3v) is 5.08. The number of rotatable bonds is 2. The molecule has 0 unspecified atom stereocenters. The molecule has 3 rings (SSSR count). The first-order chi connectivity index (χ1) is 9.06. The van der Waals surface area contributed by atoms with Crippen molar-refractivity contribution in [3.05, 3.63) is 43.0 Å². The molecule has 1 fully saturated rings. The van der Waals surface area contributed by atoms with E-state index in [4.69, 9.17) is 23.2 Å². The monoisotopic (exact) mass is 420 g/mol. The van der Waals surface area contributed by atoms with E-state index in [1.54, 1.807) is 0 Å². The largest absolute Gasteiger partial charge is 0.231 e. The van der Waals surface area contributed by atoms with E-state index in [2.05, 4.69) is 41.8 Å². The van der Waals surface area contributed by atoms with Gasteiger partial charge in [0.2, 0.25) is 0 Å². The highest BCUT2D eigenvalue weighted by atomic mass is 79.9. The highest BCUT2D eigenvalue weighted by Crippen LogP contribution is 2.44. The van der Waals surface area contributed by atoms with Crippen LogP contribution in [0, 0.1) is 0 Å². The first-order valence-electron chi connectivity index (χ1n) is 5.74. The van der Waals surface area contributed by atoms with Crippen molar-refractivity contribution >= 4 is 55.1 Å². The van der Waals surface area contributed by atoms with Crippen LogP contribution in [0.1, 0.15) is 24.5 Å². The molecule has 0 spiro atoms. The van der Waals surface area contributed by atoms with Crippen LogP contribution in [0.25, 0.3) is 11.4 Å². The lowest BCUT2D eigenvalue weighted by Gasteiger charge is -2.09. The quantitative estimate of drug-likeness (QED) is 0.567. The number of halogens is 4.